The maximum Gasteiger partial charge on any atom is 0.335 e. The first kappa shape index (κ1) is 13.4. The van der Waals surface area contributed by atoms with E-state index in [0.717, 1.165) is 16.3 Å². The monoisotopic (exact) mass is 260 g/mol. The van der Waals surface area contributed by atoms with Crippen molar-refractivity contribution in [3.05, 3.63) is 42.0 Å². The van der Waals surface area contributed by atoms with Crippen LogP contribution in [0, 0.1) is 0 Å². The predicted molar refractivity (Wildman–Crippen MR) is 72.1 cm³/mol. The van der Waals surface area contributed by atoms with Crippen LogP contribution in [0.3, 0.4) is 0 Å². The fourth-order valence-electron chi connectivity index (χ4n) is 2.12. The maximum atomic E-state index is 11.6. The van der Waals surface area contributed by atoms with E-state index < -0.39 is 12.1 Å². The molecule has 0 amide bonds. The SMILES string of the molecule is COC(=O)[C@@H](Cc1ccc(O)c2ccccc12)OC. The summed E-state index contributed by atoms with van der Waals surface area (Å²) in [7, 11) is 2.81. The van der Waals surface area contributed by atoms with E-state index in [-0.39, 0.29) is 5.75 Å². The molecule has 0 bridgehead atoms. The lowest BCUT2D eigenvalue weighted by atomic mass is 9.99. The largest absolute Gasteiger partial charge is 0.507 e. The van der Waals surface area contributed by atoms with E-state index in [4.69, 9.17) is 9.47 Å². The summed E-state index contributed by atoms with van der Waals surface area (Å²) in [6.45, 7) is 0. The van der Waals surface area contributed by atoms with Crippen LogP contribution in [0.1, 0.15) is 5.56 Å². The van der Waals surface area contributed by atoms with Gasteiger partial charge in [-0.05, 0) is 17.0 Å². The van der Waals surface area contributed by atoms with E-state index >= 15 is 0 Å². The third-order valence-electron chi connectivity index (χ3n) is 3.15. The summed E-state index contributed by atoms with van der Waals surface area (Å²) in [5.74, 6) is -0.175. The number of carbonyl (C=O) groups is 1. The lowest BCUT2D eigenvalue weighted by molar-refractivity contribution is -0.152. The minimum Gasteiger partial charge on any atom is -0.507 e. The number of methoxy groups -OCH3 is 2. The summed E-state index contributed by atoms with van der Waals surface area (Å²) in [5, 5.41) is 11.5. The highest BCUT2D eigenvalue weighted by Crippen LogP contribution is 2.28. The van der Waals surface area contributed by atoms with E-state index in [9.17, 15) is 9.90 Å². The first-order valence-corrected chi connectivity index (χ1v) is 5.97. The van der Waals surface area contributed by atoms with Gasteiger partial charge >= 0.3 is 5.97 Å². The molecule has 1 atom stereocenters. The molecule has 0 saturated carbocycles. The van der Waals surface area contributed by atoms with Gasteiger partial charge in [0.1, 0.15) is 5.75 Å². The van der Waals surface area contributed by atoms with E-state index in [1.165, 1.54) is 14.2 Å². The standard InChI is InChI=1S/C15H16O4/c1-18-14(15(17)19-2)9-10-7-8-13(16)12-6-4-3-5-11(10)12/h3-8,14,16H,9H2,1-2H3/t14-/m1/s1. The average molecular weight is 260 g/mol. The number of phenolic OH excluding ortho intramolecular Hbond substituents is 1. The Labute approximate surface area is 111 Å². The highest BCUT2D eigenvalue weighted by molar-refractivity contribution is 5.91. The summed E-state index contributed by atoms with van der Waals surface area (Å²) in [6, 6.07) is 10.9. The van der Waals surface area contributed by atoms with Gasteiger partial charge in [-0.25, -0.2) is 4.79 Å². The Kier molecular flexibility index (Phi) is 4.02. The predicted octanol–water partition coefficient (Wildman–Crippen LogP) is 2.28. The molecule has 0 aliphatic rings. The van der Waals surface area contributed by atoms with Crippen molar-refractivity contribution >= 4 is 16.7 Å². The zero-order chi connectivity index (χ0) is 13.8. The van der Waals surface area contributed by atoms with E-state index in [1.54, 1.807) is 12.1 Å². The first-order chi connectivity index (χ1) is 9.17. The van der Waals surface area contributed by atoms with Crippen LogP contribution >= 0.6 is 0 Å². The molecule has 4 nitrogen and oxygen atoms in total. The third kappa shape index (κ3) is 2.69. The Morgan fingerprint density at radius 3 is 2.47 bits per heavy atom. The summed E-state index contributed by atoms with van der Waals surface area (Å²) < 4.78 is 9.85. The Morgan fingerprint density at radius 1 is 1.16 bits per heavy atom. The van der Waals surface area contributed by atoms with Crippen molar-refractivity contribution in [2.24, 2.45) is 0 Å². The lowest BCUT2D eigenvalue weighted by Crippen LogP contribution is -2.26. The van der Waals surface area contributed by atoms with Gasteiger partial charge in [-0.3, -0.25) is 0 Å². The van der Waals surface area contributed by atoms with E-state index in [0.29, 0.717) is 6.42 Å². The topological polar surface area (TPSA) is 55.8 Å². The lowest BCUT2D eigenvalue weighted by Gasteiger charge is -2.14. The van der Waals surface area contributed by atoms with Gasteiger partial charge < -0.3 is 14.6 Å². The van der Waals surface area contributed by atoms with Gasteiger partial charge in [0, 0.05) is 18.9 Å². The van der Waals surface area contributed by atoms with Crippen LogP contribution in [0.4, 0.5) is 0 Å². The second-order valence-corrected chi connectivity index (χ2v) is 4.24. The van der Waals surface area contributed by atoms with E-state index in [1.807, 2.05) is 24.3 Å². The normalized spacial score (nSPS) is 12.3. The molecule has 1 N–H and O–H groups in total. The summed E-state index contributed by atoms with van der Waals surface area (Å²) >= 11 is 0. The van der Waals surface area contributed by atoms with Crippen molar-refractivity contribution in [3.63, 3.8) is 0 Å². The van der Waals surface area contributed by atoms with Crippen molar-refractivity contribution in [2.75, 3.05) is 14.2 Å². The van der Waals surface area contributed by atoms with Crippen molar-refractivity contribution in [3.8, 4) is 5.75 Å². The molecule has 0 aliphatic carbocycles. The molecule has 0 aromatic heterocycles. The van der Waals surface area contributed by atoms with Gasteiger partial charge in [0.2, 0.25) is 0 Å². The molecule has 0 radical (unpaired) electrons. The number of phenols is 1. The molecule has 0 fully saturated rings. The van der Waals surface area contributed by atoms with Crippen LogP contribution in [-0.4, -0.2) is 31.4 Å². The fraction of sp³-hybridized carbons (Fsp3) is 0.267. The highest BCUT2D eigenvalue weighted by atomic mass is 16.6. The molecule has 0 spiro atoms. The molecule has 0 saturated heterocycles. The highest BCUT2D eigenvalue weighted by Gasteiger charge is 2.20. The Morgan fingerprint density at radius 2 is 1.84 bits per heavy atom. The zero-order valence-electron chi connectivity index (χ0n) is 10.9. The number of ether oxygens (including phenoxy) is 2. The first-order valence-electron chi connectivity index (χ1n) is 5.97. The Hall–Kier alpha value is -2.07. The Balaban J connectivity index is 2.40. The van der Waals surface area contributed by atoms with Crippen molar-refractivity contribution in [1.82, 2.24) is 0 Å². The van der Waals surface area contributed by atoms with Gasteiger partial charge in [-0.2, -0.15) is 0 Å². The second kappa shape index (κ2) is 5.71. The van der Waals surface area contributed by atoms with Crippen molar-refractivity contribution in [1.29, 1.82) is 0 Å². The maximum absolute atomic E-state index is 11.6. The van der Waals surface area contributed by atoms with Gasteiger partial charge in [0.05, 0.1) is 7.11 Å². The smallest absolute Gasteiger partial charge is 0.335 e. The number of benzene rings is 2. The number of aromatic hydroxyl groups is 1. The quantitative estimate of drug-likeness (QED) is 0.857. The molecule has 4 heteroatoms. The molecule has 0 aliphatic heterocycles. The van der Waals surface area contributed by atoms with Gasteiger partial charge in [-0.15, -0.1) is 0 Å². The number of hydrogen-bond acceptors (Lipinski definition) is 4. The summed E-state index contributed by atoms with van der Waals surface area (Å²) in [6.07, 6.45) is -0.234. The van der Waals surface area contributed by atoms with Gasteiger partial charge in [0.15, 0.2) is 6.10 Å². The molecule has 2 rings (SSSR count). The fourth-order valence-corrected chi connectivity index (χ4v) is 2.12. The minimum atomic E-state index is -0.641. The number of rotatable bonds is 4. The van der Waals surface area contributed by atoms with Crippen LogP contribution in [0.2, 0.25) is 0 Å². The minimum absolute atomic E-state index is 0.228. The zero-order valence-corrected chi connectivity index (χ0v) is 10.9. The summed E-state index contributed by atoms with van der Waals surface area (Å²) in [4.78, 5) is 11.6. The van der Waals surface area contributed by atoms with Crippen LogP contribution < -0.4 is 0 Å². The Bertz CT molecular complexity index is 592. The third-order valence-corrected chi connectivity index (χ3v) is 3.15. The molecule has 19 heavy (non-hydrogen) atoms. The molecule has 2 aromatic carbocycles. The molecular weight excluding hydrogens is 244 g/mol. The van der Waals surface area contributed by atoms with Gasteiger partial charge in [-0.1, -0.05) is 30.3 Å². The number of hydrogen-bond donors (Lipinski definition) is 1. The van der Waals surface area contributed by atoms with Crippen molar-refractivity contribution < 1.29 is 19.4 Å². The molecular formula is C15H16O4. The molecule has 0 unspecified atom stereocenters. The molecule has 0 heterocycles. The number of carbonyl (C=O) groups excluding carboxylic acids is 1. The van der Waals surface area contributed by atoms with Crippen LogP contribution in [0.15, 0.2) is 36.4 Å². The van der Waals surface area contributed by atoms with Gasteiger partial charge in [0.25, 0.3) is 0 Å². The van der Waals surface area contributed by atoms with Crippen LogP contribution in [0.5, 0.6) is 5.75 Å². The van der Waals surface area contributed by atoms with Crippen LogP contribution in [-0.2, 0) is 20.7 Å². The van der Waals surface area contributed by atoms with Crippen LogP contribution in [0.25, 0.3) is 10.8 Å². The summed E-state index contributed by atoms with van der Waals surface area (Å²) in [5.41, 5.74) is 0.936. The van der Waals surface area contributed by atoms with E-state index in [2.05, 4.69) is 0 Å². The van der Waals surface area contributed by atoms with Crippen molar-refractivity contribution in [2.45, 2.75) is 12.5 Å². The second-order valence-electron chi connectivity index (χ2n) is 4.24. The average Bonchev–Trinajstić information content (AvgIpc) is 2.46. The number of fused-ring (bicyclic) bond motifs is 1. The molecule has 2 aromatic rings. The number of esters is 1. The molecule has 100 valence electrons.